The second-order valence-corrected chi connectivity index (χ2v) is 5.24. The number of carbonyl (C=O) groups excluding carboxylic acids is 2. The highest BCUT2D eigenvalue weighted by molar-refractivity contribution is 7.07. The van der Waals surface area contributed by atoms with Gasteiger partial charge in [-0.1, -0.05) is 12.1 Å². The number of hydrogen-bond acceptors (Lipinski definition) is 3. The zero-order valence-electron chi connectivity index (χ0n) is 11.2. The number of amides is 2. The molecule has 0 saturated heterocycles. The van der Waals surface area contributed by atoms with E-state index in [9.17, 15) is 9.59 Å². The number of thiophene rings is 1. The van der Waals surface area contributed by atoms with Gasteiger partial charge in [0.25, 0.3) is 0 Å². The van der Waals surface area contributed by atoms with Gasteiger partial charge in [0.05, 0.1) is 0 Å². The Bertz CT molecular complexity index is 594. The quantitative estimate of drug-likeness (QED) is 0.849. The Balaban J connectivity index is 1.78. The van der Waals surface area contributed by atoms with E-state index >= 15 is 0 Å². The number of carbonyl (C=O) groups is 2. The number of aryl methyl sites for hydroxylation is 1. The zero-order valence-corrected chi connectivity index (χ0v) is 12.0. The van der Waals surface area contributed by atoms with Crippen LogP contribution in [0.3, 0.4) is 0 Å². The molecular formula is C15H16N2O2S. The molecule has 0 aliphatic heterocycles. The van der Waals surface area contributed by atoms with Crippen LogP contribution < -0.4 is 10.6 Å². The first-order chi connectivity index (χ1) is 9.65. The Labute approximate surface area is 121 Å². The van der Waals surface area contributed by atoms with Crippen LogP contribution >= 0.6 is 11.3 Å². The van der Waals surface area contributed by atoms with Gasteiger partial charge in [0, 0.05) is 12.2 Å². The second-order valence-electron chi connectivity index (χ2n) is 4.46. The fourth-order valence-corrected chi connectivity index (χ4v) is 2.45. The smallest absolute Gasteiger partial charge is 0.313 e. The summed E-state index contributed by atoms with van der Waals surface area (Å²) in [5, 5.41) is 9.20. The first kappa shape index (κ1) is 14.3. The average molecular weight is 288 g/mol. The van der Waals surface area contributed by atoms with Crippen LogP contribution in [0.2, 0.25) is 0 Å². The summed E-state index contributed by atoms with van der Waals surface area (Å²) in [5.74, 6) is -1.25. The van der Waals surface area contributed by atoms with E-state index in [2.05, 4.69) is 10.6 Å². The summed E-state index contributed by atoms with van der Waals surface area (Å²) in [6, 6.07) is 9.33. The lowest BCUT2D eigenvalue weighted by atomic mass is 10.2. The van der Waals surface area contributed by atoms with Crippen molar-refractivity contribution in [3.63, 3.8) is 0 Å². The van der Waals surface area contributed by atoms with Gasteiger partial charge in [-0.25, -0.2) is 0 Å². The van der Waals surface area contributed by atoms with Crippen molar-refractivity contribution in [1.82, 2.24) is 5.32 Å². The van der Waals surface area contributed by atoms with Crippen LogP contribution in [0.25, 0.3) is 0 Å². The molecule has 2 N–H and O–H groups in total. The maximum Gasteiger partial charge on any atom is 0.313 e. The third kappa shape index (κ3) is 4.20. The van der Waals surface area contributed by atoms with Gasteiger partial charge in [-0.15, -0.1) is 0 Å². The van der Waals surface area contributed by atoms with E-state index in [1.807, 2.05) is 41.9 Å². The summed E-state index contributed by atoms with van der Waals surface area (Å²) in [5.41, 5.74) is 2.82. The van der Waals surface area contributed by atoms with Crippen molar-refractivity contribution in [1.29, 1.82) is 0 Å². The molecule has 0 saturated carbocycles. The van der Waals surface area contributed by atoms with Crippen molar-refractivity contribution in [3.8, 4) is 0 Å². The summed E-state index contributed by atoms with van der Waals surface area (Å²) < 4.78 is 0. The maximum atomic E-state index is 11.7. The fraction of sp³-hybridized carbons (Fsp3) is 0.200. The van der Waals surface area contributed by atoms with E-state index in [1.165, 1.54) is 0 Å². The van der Waals surface area contributed by atoms with Crippen molar-refractivity contribution in [2.45, 2.75) is 13.3 Å². The monoisotopic (exact) mass is 288 g/mol. The molecule has 0 bridgehead atoms. The largest absolute Gasteiger partial charge is 0.347 e. The van der Waals surface area contributed by atoms with E-state index in [0.717, 1.165) is 17.5 Å². The van der Waals surface area contributed by atoms with E-state index in [-0.39, 0.29) is 0 Å². The van der Waals surface area contributed by atoms with Crippen molar-refractivity contribution in [3.05, 3.63) is 52.2 Å². The molecule has 0 spiro atoms. The van der Waals surface area contributed by atoms with Crippen molar-refractivity contribution >= 4 is 28.8 Å². The summed E-state index contributed by atoms with van der Waals surface area (Å²) in [6.45, 7) is 2.38. The van der Waals surface area contributed by atoms with Crippen LogP contribution in [0.1, 0.15) is 11.1 Å². The van der Waals surface area contributed by atoms with Gasteiger partial charge in [0.1, 0.15) is 0 Å². The molecule has 1 heterocycles. The van der Waals surface area contributed by atoms with Crippen LogP contribution in [-0.2, 0) is 16.0 Å². The fourth-order valence-electron chi connectivity index (χ4n) is 1.75. The Morgan fingerprint density at radius 3 is 2.75 bits per heavy atom. The van der Waals surface area contributed by atoms with Gasteiger partial charge in [0.2, 0.25) is 0 Å². The standard InChI is InChI=1S/C15H16N2O2S/c1-11-3-2-4-13(9-11)17-15(19)14(18)16-7-5-12-6-8-20-10-12/h2-4,6,8-10H,5,7H2,1H3,(H,16,18)(H,17,19). The Morgan fingerprint density at radius 2 is 2.05 bits per heavy atom. The molecule has 0 radical (unpaired) electrons. The summed E-state index contributed by atoms with van der Waals surface area (Å²) >= 11 is 1.62. The van der Waals surface area contributed by atoms with Crippen LogP contribution in [-0.4, -0.2) is 18.4 Å². The minimum absolute atomic E-state index is 0.455. The van der Waals surface area contributed by atoms with E-state index in [0.29, 0.717) is 12.2 Å². The van der Waals surface area contributed by atoms with Crippen molar-refractivity contribution in [2.24, 2.45) is 0 Å². The van der Waals surface area contributed by atoms with Crippen molar-refractivity contribution in [2.75, 3.05) is 11.9 Å². The van der Waals surface area contributed by atoms with Gasteiger partial charge in [-0.05, 0) is 53.4 Å². The van der Waals surface area contributed by atoms with Gasteiger partial charge in [0.15, 0.2) is 0 Å². The average Bonchev–Trinajstić information content (AvgIpc) is 2.91. The molecule has 4 nitrogen and oxygen atoms in total. The van der Waals surface area contributed by atoms with Crippen LogP contribution in [0, 0.1) is 6.92 Å². The van der Waals surface area contributed by atoms with E-state index < -0.39 is 11.8 Å². The zero-order chi connectivity index (χ0) is 14.4. The van der Waals surface area contributed by atoms with Gasteiger partial charge in [-0.3, -0.25) is 9.59 Å². The highest BCUT2D eigenvalue weighted by Gasteiger charge is 2.12. The SMILES string of the molecule is Cc1cccc(NC(=O)C(=O)NCCc2ccsc2)c1. The lowest BCUT2D eigenvalue weighted by molar-refractivity contribution is -0.136. The molecule has 1 aromatic heterocycles. The number of rotatable bonds is 4. The molecule has 0 unspecified atom stereocenters. The topological polar surface area (TPSA) is 58.2 Å². The molecule has 5 heteroatoms. The third-order valence-electron chi connectivity index (χ3n) is 2.76. The lowest BCUT2D eigenvalue weighted by Gasteiger charge is -2.06. The summed E-state index contributed by atoms with van der Waals surface area (Å²) in [4.78, 5) is 23.3. The normalized spacial score (nSPS) is 10.1. The molecule has 0 aliphatic rings. The minimum atomic E-state index is -0.638. The highest BCUT2D eigenvalue weighted by Crippen LogP contribution is 2.09. The maximum absolute atomic E-state index is 11.7. The van der Waals surface area contributed by atoms with Gasteiger partial charge in [-0.2, -0.15) is 11.3 Å². The first-order valence-electron chi connectivity index (χ1n) is 6.32. The third-order valence-corrected chi connectivity index (χ3v) is 3.49. The van der Waals surface area contributed by atoms with Crippen LogP contribution in [0.15, 0.2) is 41.1 Å². The molecular weight excluding hydrogens is 272 g/mol. The van der Waals surface area contributed by atoms with E-state index in [1.54, 1.807) is 17.4 Å². The first-order valence-corrected chi connectivity index (χ1v) is 7.26. The predicted octanol–water partition coefficient (Wildman–Crippen LogP) is 2.35. The lowest BCUT2D eigenvalue weighted by Crippen LogP contribution is -2.36. The highest BCUT2D eigenvalue weighted by atomic mass is 32.1. The van der Waals surface area contributed by atoms with Crippen LogP contribution in [0.5, 0.6) is 0 Å². The van der Waals surface area contributed by atoms with Gasteiger partial charge >= 0.3 is 11.8 Å². The molecule has 104 valence electrons. The molecule has 20 heavy (non-hydrogen) atoms. The Kier molecular flexibility index (Phi) is 4.90. The Morgan fingerprint density at radius 1 is 1.20 bits per heavy atom. The number of hydrogen-bond donors (Lipinski definition) is 2. The summed E-state index contributed by atoms with van der Waals surface area (Å²) in [7, 11) is 0. The molecule has 0 fully saturated rings. The van der Waals surface area contributed by atoms with E-state index in [4.69, 9.17) is 0 Å². The van der Waals surface area contributed by atoms with Gasteiger partial charge < -0.3 is 10.6 Å². The molecule has 1 aromatic carbocycles. The predicted molar refractivity (Wildman–Crippen MR) is 80.8 cm³/mol. The number of nitrogens with one attached hydrogen (secondary N) is 2. The molecule has 2 rings (SSSR count). The number of benzene rings is 1. The molecule has 0 aliphatic carbocycles. The summed E-state index contributed by atoms with van der Waals surface area (Å²) in [6.07, 6.45) is 0.729. The number of anilines is 1. The van der Waals surface area contributed by atoms with Crippen molar-refractivity contribution < 1.29 is 9.59 Å². The second kappa shape index (κ2) is 6.86. The molecule has 0 atom stereocenters. The minimum Gasteiger partial charge on any atom is -0.347 e. The molecule has 2 aromatic rings. The molecule has 2 amide bonds. The Hall–Kier alpha value is -2.14. The van der Waals surface area contributed by atoms with Crippen LogP contribution in [0.4, 0.5) is 5.69 Å².